The second-order valence-corrected chi connectivity index (χ2v) is 5.11. The summed E-state index contributed by atoms with van der Waals surface area (Å²) in [5.41, 5.74) is 8.37. The van der Waals surface area contributed by atoms with Crippen LogP contribution in [0.1, 0.15) is 30.9 Å². The molecule has 0 amide bonds. The first-order valence-electron chi connectivity index (χ1n) is 6.40. The molecule has 2 heterocycles. The van der Waals surface area contributed by atoms with Crippen molar-refractivity contribution in [1.29, 1.82) is 0 Å². The Morgan fingerprint density at radius 1 is 1.39 bits per heavy atom. The number of furan rings is 1. The van der Waals surface area contributed by atoms with Crippen molar-refractivity contribution in [3.05, 3.63) is 35.4 Å². The number of aromatic nitrogens is 2. The molecule has 0 bridgehead atoms. The van der Waals surface area contributed by atoms with Crippen molar-refractivity contribution in [2.24, 2.45) is 13.0 Å². The highest BCUT2D eigenvalue weighted by Gasteiger charge is 2.15. The van der Waals surface area contributed by atoms with Crippen molar-refractivity contribution < 1.29 is 4.42 Å². The van der Waals surface area contributed by atoms with E-state index in [1.165, 1.54) is 5.56 Å². The van der Waals surface area contributed by atoms with Gasteiger partial charge in [-0.2, -0.15) is 5.10 Å². The minimum atomic E-state index is 0.582. The number of hydrogen-bond donors (Lipinski definition) is 1. The van der Waals surface area contributed by atoms with E-state index in [1.807, 2.05) is 19.2 Å². The van der Waals surface area contributed by atoms with Gasteiger partial charge in [0.25, 0.3) is 0 Å². The Morgan fingerprint density at radius 2 is 2.17 bits per heavy atom. The van der Waals surface area contributed by atoms with E-state index in [0.29, 0.717) is 5.92 Å². The van der Waals surface area contributed by atoms with E-state index in [9.17, 15) is 0 Å². The summed E-state index contributed by atoms with van der Waals surface area (Å²) in [6, 6.07) is 3.91. The second kappa shape index (κ2) is 5.29. The Morgan fingerprint density at radius 3 is 2.78 bits per heavy atom. The van der Waals surface area contributed by atoms with Crippen molar-refractivity contribution in [3.63, 3.8) is 0 Å². The first-order valence-corrected chi connectivity index (χ1v) is 6.40. The second-order valence-electron chi connectivity index (χ2n) is 5.11. The van der Waals surface area contributed by atoms with Crippen LogP contribution in [0.3, 0.4) is 0 Å². The molecule has 0 unspecified atom stereocenters. The zero-order valence-electron chi connectivity index (χ0n) is 11.3. The maximum Gasteiger partial charge on any atom is 0.124 e. The molecular weight excluding hydrogens is 226 g/mol. The SMILES string of the molecule is CC(C)Cc1c(CCc2ccco2)nn(C)c1N. The molecule has 0 atom stereocenters. The zero-order valence-corrected chi connectivity index (χ0v) is 11.3. The molecule has 0 spiro atoms. The molecule has 4 heteroatoms. The van der Waals surface area contributed by atoms with Crippen LogP contribution in [0.15, 0.2) is 22.8 Å². The summed E-state index contributed by atoms with van der Waals surface area (Å²) in [5.74, 6) is 2.37. The first-order chi connectivity index (χ1) is 8.58. The van der Waals surface area contributed by atoms with Crippen LogP contribution in [0.5, 0.6) is 0 Å². The smallest absolute Gasteiger partial charge is 0.124 e. The molecule has 2 aromatic heterocycles. The molecule has 0 radical (unpaired) electrons. The maximum absolute atomic E-state index is 6.08. The number of rotatable bonds is 5. The van der Waals surface area contributed by atoms with Crippen LogP contribution in [0.4, 0.5) is 5.82 Å². The highest BCUT2D eigenvalue weighted by atomic mass is 16.3. The van der Waals surface area contributed by atoms with Gasteiger partial charge in [0.15, 0.2) is 0 Å². The molecule has 0 aromatic carbocycles. The van der Waals surface area contributed by atoms with Gasteiger partial charge in [0.05, 0.1) is 12.0 Å². The van der Waals surface area contributed by atoms with E-state index in [4.69, 9.17) is 10.2 Å². The molecule has 2 aromatic rings. The first kappa shape index (κ1) is 12.7. The largest absolute Gasteiger partial charge is 0.469 e. The average Bonchev–Trinajstić information content (AvgIpc) is 2.90. The van der Waals surface area contributed by atoms with Gasteiger partial charge in [-0.1, -0.05) is 13.8 Å². The monoisotopic (exact) mass is 247 g/mol. The van der Waals surface area contributed by atoms with Crippen LogP contribution in [-0.2, 0) is 26.3 Å². The molecule has 18 heavy (non-hydrogen) atoms. The topological polar surface area (TPSA) is 57.0 Å². The molecule has 0 aliphatic carbocycles. The third-order valence-corrected chi connectivity index (χ3v) is 3.08. The molecule has 0 aliphatic rings. The fraction of sp³-hybridized carbons (Fsp3) is 0.500. The zero-order chi connectivity index (χ0) is 13.1. The fourth-order valence-corrected chi connectivity index (χ4v) is 2.17. The van der Waals surface area contributed by atoms with Gasteiger partial charge in [-0.15, -0.1) is 0 Å². The van der Waals surface area contributed by atoms with E-state index in [1.54, 1.807) is 10.9 Å². The highest BCUT2D eigenvalue weighted by molar-refractivity contribution is 5.43. The van der Waals surface area contributed by atoms with Gasteiger partial charge in [0.2, 0.25) is 0 Å². The Bertz CT molecular complexity index is 497. The van der Waals surface area contributed by atoms with Gasteiger partial charge in [-0.05, 0) is 30.9 Å². The summed E-state index contributed by atoms with van der Waals surface area (Å²) in [6.07, 6.45) is 4.43. The summed E-state index contributed by atoms with van der Waals surface area (Å²) in [4.78, 5) is 0. The Balaban J connectivity index is 2.13. The minimum Gasteiger partial charge on any atom is -0.469 e. The third kappa shape index (κ3) is 2.75. The Hall–Kier alpha value is -1.71. The third-order valence-electron chi connectivity index (χ3n) is 3.08. The lowest BCUT2D eigenvalue weighted by atomic mass is 10.0. The van der Waals surface area contributed by atoms with Crippen LogP contribution < -0.4 is 5.73 Å². The Kier molecular flexibility index (Phi) is 3.75. The van der Waals surface area contributed by atoms with Gasteiger partial charge in [0, 0.05) is 19.0 Å². The van der Waals surface area contributed by atoms with E-state index >= 15 is 0 Å². The van der Waals surface area contributed by atoms with E-state index in [2.05, 4.69) is 18.9 Å². The van der Waals surface area contributed by atoms with Gasteiger partial charge < -0.3 is 10.2 Å². The average molecular weight is 247 g/mol. The summed E-state index contributed by atoms with van der Waals surface area (Å²) >= 11 is 0. The van der Waals surface area contributed by atoms with Crippen LogP contribution in [-0.4, -0.2) is 9.78 Å². The van der Waals surface area contributed by atoms with Crippen molar-refractivity contribution in [1.82, 2.24) is 9.78 Å². The standard InChI is InChI=1S/C14H21N3O/c1-10(2)9-12-13(16-17(3)14(12)15)7-6-11-5-4-8-18-11/h4-5,8,10H,6-7,9,15H2,1-3H3. The van der Waals surface area contributed by atoms with Gasteiger partial charge in [-0.3, -0.25) is 4.68 Å². The van der Waals surface area contributed by atoms with E-state index < -0.39 is 0 Å². The van der Waals surface area contributed by atoms with Gasteiger partial charge in [0.1, 0.15) is 11.6 Å². The molecule has 4 nitrogen and oxygen atoms in total. The number of nitrogens with zero attached hydrogens (tertiary/aromatic N) is 2. The molecule has 0 fully saturated rings. The molecule has 2 N–H and O–H groups in total. The molecule has 0 saturated heterocycles. The minimum absolute atomic E-state index is 0.582. The number of aryl methyl sites for hydroxylation is 3. The predicted octanol–water partition coefficient (Wildman–Crippen LogP) is 2.58. The lowest BCUT2D eigenvalue weighted by molar-refractivity contribution is 0.506. The number of anilines is 1. The highest BCUT2D eigenvalue weighted by Crippen LogP contribution is 2.21. The lowest BCUT2D eigenvalue weighted by Gasteiger charge is -2.06. The van der Waals surface area contributed by atoms with E-state index in [-0.39, 0.29) is 0 Å². The number of nitrogen functional groups attached to an aromatic ring is 1. The predicted molar refractivity (Wildman–Crippen MR) is 72.3 cm³/mol. The van der Waals surface area contributed by atoms with Crippen LogP contribution in [0.2, 0.25) is 0 Å². The molecule has 2 rings (SSSR count). The van der Waals surface area contributed by atoms with Crippen LogP contribution >= 0.6 is 0 Å². The lowest BCUT2D eigenvalue weighted by Crippen LogP contribution is -2.03. The van der Waals surface area contributed by atoms with E-state index in [0.717, 1.165) is 36.5 Å². The maximum atomic E-state index is 6.08. The molecule has 0 saturated carbocycles. The molecule has 98 valence electrons. The van der Waals surface area contributed by atoms with Gasteiger partial charge >= 0.3 is 0 Å². The van der Waals surface area contributed by atoms with Crippen molar-refractivity contribution in [3.8, 4) is 0 Å². The van der Waals surface area contributed by atoms with Crippen LogP contribution in [0.25, 0.3) is 0 Å². The van der Waals surface area contributed by atoms with Crippen molar-refractivity contribution >= 4 is 5.82 Å². The fourth-order valence-electron chi connectivity index (χ4n) is 2.17. The van der Waals surface area contributed by atoms with Crippen molar-refractivity contribution in [2.45, 2.75) is 33.1 Å². The van der Waals surface area contributed by atoms with Gasteiger partial charge in [-0.25, -0.2) is 0 Å². The Labute approximate surface area is 108 Å². The summed E-state index contributed by atoms with van der Waals surface area (Å²) in [5, 5.41) is 4.51. The summed E-state index contributed by atoms with van der Waals surface area (Å²) in [7, 11) is 1.90. The quantitative estimate of drug-likeness (QED) is 0.883. The summed E-state index contributed by atoms with van der Waals surface area (Å²) in [6.45, 7) is 4.39. The normalized spacial score (nSPS) is 11.3. The molecule has 0 aliphatic heterocycles. The number of nitrogens with two attached hydrogens (primary N) is 1. The van der Waals surface area contributed by atoms with Crippen LogP contribution in [0, 0.1) is 5.92 Å². The molecular formula is C14H21N3O. The number of hydrogen-bond acceptors (Lipinski definition) is 3. The summed E-state index contributed by atoms with van der Waals surface area (Å²) < 4.78 is 7.12. The van der Waals surface area contributed by atoms with Crippen molar-refractivity contribution in [2.75, 3.05) is 5.73 Å².